The molecule has 4 rings (SSSR count). The molecule has 2 aromatic carbocycles. The van der Waals surface area contributed by atoms with Crippen molar-refractivity contribution in [1.82, 2.24) is 15.7 Å². The number of anilines is 1. The molecule has 0 saturated carbocycles. The number of benzene rings is 2. The number of nitrogens with one attached hydrogen (secondary N) is 3. The summed E-state index contributed by atoms with van der Waals surface area (Å²) in [6, 6.07) is 23.7. The zero-order valence-electron chi connectivity index (χ0n) is 18.4. The molecule has 2 heterocycles. The standard InChI is InChI=1S/C19H23N7O.C6H6/c20-8-14-3-1-13(2-4-14)5-6-23-11-16-12-24-17-7-15(18(9-21)26-22)10-25-19(17)27-16;1-2-4-6-5-3-1/h1-4,7,9-10,16,23-24,26H,5-6,11-12,21-22H2;1-6H/b18-9-;. The number of rotatable bonds is 7. The number of hydrogen-bond donors (Lipinski definition) is 5. The summed E-state index contributed by atoms with van der Waals surface area (Å²) in [5, 5.41) is 15.6. The highest BCUT2D eigenvalue weighted by Gasteiger charge is 2.20. The van der Waals surface area contributed by atoms with Crippen LogP contribution < -0.4 is 32.4 Å². The van der Waals surface area contributed by atoms with Crippen molar-refractivity contribution in [2.45, 2.75) is 12.5 Å². The third-order valence-electron chi connectivity index (χ3n) is 4.99. The zero-order chi connectivity index (χ0) is 23.3. The molecule has 8 nitrogen and oxygen atoms in total. The summed E-state index contributed by atoms with van der Waals surface area (Å²) >= 11 is 0. The summed E-state index contributed by atoms with van der Waals surface area (Å²) < 4.78 is 5.94. The van der Waals surface area contributed by atoms with Crippen LogP contribution >= 0.6 is 0 Å². The summed E-state index contributed by atoms with van der Waals surface area (Å²) in [4.78, 5) is 4.35. The van der Waals surface area contributed by atoms with Crippen LogP contribution in [-0.4, -0.2) is 30.7 Å². The molecule has 8 heteroatoms. The van der Waals surface area contributed by atoms with Crippen LogP contribution in [0.5, 0.6) is 5.88 Å². The summed E-state index contributed by atoms with van der Waals surface area (Å²) in [5.74, 6) is 6.00. The van der Waals surface area contributed by atoms with Gasteiger partial charge in [-0.05, 0) is 36.7 Å². The Hall–Kier alpha value is -4.06. The van der Waals surface area contributed by atoms with E-state index < -0.39 is 0 Å². The third kappa shape index (κ3) is 7.25. The normalized spacial score (nSPS) is 14.4. The highest BCUT2D eigenvalue weighted by molar-refractivity contribution is 5.68. The molecular weight excluding hydrogens is 414 g/mol. The number of ether oxygens (including phenoxy) is 1. The minimum atomic E-state index is -0.00558. The zero-order valence-corrected chi connectivity index (χ0v) is 18.4. The maximum absolute atomic E-state index is 8.82. The molecular formula is C25H29N7O. The molecule has 0 aliphatic carbocycles. The highest BCUT2D eigenvalue weighted by Crippen LogP contribution is 2.28. The van der Waals surface area contributed by atoms with Gasteiger partial charge in [-0.25, -0.2) is 4.98 Å². The Morgan fingerprint density at radius 1 is 1.18 bits per heavy atom. The van der Waals surface area contributed by atoms with E-state index in [2.05, 4.69) is 27.1 Å². The van der Waals surface area contributed by atoms with Gasteiger partial charge in [-0.15, -0.1) is 0 Å². The third-order valence-corrected chi connectivity index (χ3v) is 4.99. The molecule has 33 heavy (non-hydrogen) atoms. The van der Waals surface area contributed by atoms with Crippen molar-refractivity contribution in [2.75, 3.05) is 25.0 Å². The van der Waals surface area contributed by atoms with E-state index in [1.54, 1.807) is 6.20 Å². The van der Waals surface area contributed by atoms with Crippen molar-refractivity contribution >= 4 is 11.4 Å². The lowest BCUT2D eigenvalue weighted by atomic mass is 10.1. The summed E-state index contributed by atoms with van der Waals surface area (Å²) in [6.45, 7) is 2.22. The van der Waals surface area contributed by atoms with Crippen LogP contribution in [0, 0.1) is 11.3 Å². The van der Waals surface area contributed by atoms with E-state index in [1.807, 2.05) is 66.7 Å². The maximum Gasteiger partial charge on any atom is 0.237 e. The maximum atomic E-state index is 8.82. The molecule has 0 amide bonds. The number of nitrogens with two attached hydrogens (primary N) is 2. The first-order valence-corrected chi connectivity index (χ1v) is 10.7. The van der Waals surface area contributed by atoms with E-state index in [9.17, 15) is 0 Å². The van der Waals surface area contributed by atoms with Crippen molar-refractivity contribution in [3.8, 4) is 11.9 Å². The molecule has 1 unspecified atom stereocenters. The molecule has 0 radical (unpaired) electrons. The second-order valence-corrected chi connectivity index (χ2v) is 7.34. The molecule has 1 aliphatic rings. The van der Waals surface area contributed by atoms with Crippen LogP contribution in [0.2, 0.25) is 0 Å². The Labute approximate surface area is 194 Å². The topological polar surface area (TPSA) is 134 Å². The SMILES string of the molecule is N#Cc1ccc(CCNCC2CNc3cc(/C(=C/N)NN)cnc3O2)cc1.c1ccccc1. The Kier molecular flexibility index (Phi) is 9.09. The molecule has 3 aromatic rings. The van der Waals surface area contributed by atoms with Crippen LogP contribution in [-0.2, 0) is 6.42 Å². The fraction of sp³-hybridized carbons (Fsp3) is 0.200. The number of hydrazine groups is 1. The van der Waals surface area contributed by atoms with Gasteiger partial charge in [-0.3, -0.25) is 5.84 Å². The van der Waals surface area contributed by atoms with Gasteiger partial charge in [0.2, 0.25) is 5.88 Å². The summed E-state index contributed by atoms with van der Waals surface area (Å²) in [7, 11) is 0. The monoisotopic (exact) mass is 443 g/mol. The van der Waals surface area contributed by atoms with E-state index in [0.29, 0.717) is 30.2 Å². The lowest BCUT2D eigenvalue weighted by Gasteiger charge is -2.27. The molecule has 0 bridgehead atoms. The van der Waals surface area contributed by atoms with Crippen LogP contribution in [0.15, 0.2) is 79.1 Å². The molecule has 0 fully saturated rings. The van der Waals surface area contributed by atoms with Gasteiger partial charge < -0.3 is 26.5 Å². The predicted octanol–water partition coefficient (Wildman–Crippen LogP) is 2.37. The molecule has 1 atom stereocenters. The fourth-order valence-electron chi connectivity index (χ4n) is 3.21. The fourth-order valence-corrected chi connectivity index (χ4v) is 3.21. The van der Waals surface area contributed by atoms with Crippen molar-refractivity contribution in [1.29, 1.82) is 5.26 Å². The Morgan fingerprint density at radius 3 is 2.48 bits per heavy atom. The molecule has 7 N–H and O–H groups in total. The van der Waals surface area contributed by atoms with Gasteiger partial charge in [0, 0.05) is 24.5 Å². The van der Waals surface area contributed by atoms with Crippen LogP contribution in [0.3, 0.4) is 0 Å². The van der Waals surface area contributed by atoms with Crippen molar-refractivity contribution in [3.63, 3.8) is 0 Å². The summed E-state index contributed by atoms with van der Waals surface area (Å²) in [6.07, 6.45) is 3.95. The molecule has 170 valence electrons. The minimum absolute atomic E-state index is 0.00558. The number of nitriles is 1. The van der Waals surface area contributed by atoms with Crippen LogP contribution in [0.1, 0.15) is 16.7 Å². The lowest BCUT2D eigenvalue weighted by molar-refractivity contribution is 0.194. The van der Waals surface area contributed by atoms with Crippen LogP contribution in [0.4, 0.5) is 5.69 Å². The number of pyridine rings is 1. The average Bonchev–Trinajstić information content (AvgIpc) is 2.89. The van der Waals surface area contributed by atoms with E-state index in [0.717, 1.165) is 24.2 Å². The predicted molar refractivity (Wildman–Crippen MR) is 131 cm³/mol. The first-order valence-electron chi connectivity index (χ1n) is 10.7. The van der Waals surface area contributed by atoms with Gasteiger partial charge in [-0.2, -0.15) is 5.26 Å². The smallest absolute Gasteiger partial charge is 0.237 e. The largest absolute Gasteiger partial charge is 0.470 e. The number of hydrogen-bond acceptors (Lipinski definition) is 8. The van der Waals surface area contributed by atoms with E-state index in [1.165, 1.54) is 11.8 Å². The molecule has 1 aliphatic heterocycles. The van der Waals surface area contributed by atoms with Crippen LogP contribution in [0.25, 0.3) is 5.70 Å². The van der Waals surface area contributed by atoms with Gasteiger partial charge >= 0.3 is 0 Å². The van der Waals surface area contributed by atoms with Gasteiger partial charge in [0.25, 0.3) is 0 Å². The Morgan fingerprint density at radius 2 is 1.88 bits per heavy atom. The number of fused-ring (bicyclic) bond motifs is 1. The first-order chi connectivity index (χ1) is 16.2. The Balaban J connectivity index is 0.000000442. The van der Waals surface area contributed by atoms with Gasteiger partial charge in [0.05, 0.1) is 29.6 Å². The van der Waals surface area contributed by atoms with Crippen molar-refractivity contribution < 1.29 is 4.74 Å². The minimum Gasteiger partial charge on any atom is -0.470 e. The Bertz CT molecular complexity index is 1040. The molecule has 0 spiro atoms. The second kappa shape index (κ2) is 12.7. The quantitative estimate of drug-likeness (QED) is 0.213. The van der Waals surface area contributed by atoms with E-state index in [4.69, 9.17) is 21.6 Å². The summed E-state index contributed by atoms with van der Waals surface area (Å²) in [5.41, 5.74) is 12.1. The van der Waals surface area contributed by atoms with Gasteiger partial charge in [0.1, 0.15) is 6.10 Å². The first kappa shape index (κ1) is 23.6. The van der Waals surface area contributed by atoms with Crippen molar-refractivity contribution in [2.24, 2.45) is 11.6 Å². The second-order valence-electron chi connectivity index (χ2n) is 7.34. The number of aromatic nitrogens is 1. The van der Waals surface area contributed by atoms with E-state index in [-0.39, 0.29) is 6.10 Å². The molecule has 1 aromatic heterocycles. The van der Waals surface area contributed by atoms with Gasteiger partial charge in [-0.1, -0.05) is 48.5 Å². The number of nitrogens with zero attached hydrogens (tertiary/aromatic N) is 2. The average molecular weight is 444 g/mol. The molecule has 0 saturated heterocycles. The van der Waals surface area contributed by atoms with Gasteiger partial charge in [0.15, 0.2) is 0 Å². The highest BCUT2D eigenvalue weighted by atomic mass is 16.5. The lowest BCUT2D eigenvalue weighted by Crippen LogP contribution is -2.40. The van der Waals surface area contributed by atoms with E-state index >= 15 is 0 Å². The van der Waals surface area contributed by atoms with Crippen molar-refractivity contribution in [3.05, 3.63) is 95.8 Å².